The fraction of sp³-hybridized carbons (Fsp3) is 0.450. The summed E-state index contributed by atoms with van der Waals surface area (Å²) in [6.45, 7) is 2.42. The van der Waals surface area contributed by atoms with Crippen molar-refractivity contribution >= 4 is 16.6 Å². The number of benzene rings is 2. The maximum Gasteiger partial charge on any atom is 0.0992 e. The second-order valence-corrected chi connectivity index (χ2v) is 6.63. The molecule has 22 heavy (non-hydrogen) atoms. The third-order valence-corrected chi connectivity index (χ3v) is 5.09. The molecule has 0 saturated carbocycles. The van der Waals surface area contributed by atoms with E-state index in [2.05, 4.69) is 47.4 Å². The van der Waals surface area contributed by atoms with E-state index in [0.717, 1.165) is 6.42 Å². The quantitative estimate of drug-likeness (QED) is 0.799. The first-order valence-corrected chi connectivity index (χ1v) is 8.68. The number of rotatable bonds is 2. The number of hydrogen-bond donors (Lipinski definition) is 0. The van der Waals surface area contributed by atoms with Gasteiger partial charge in [0.25, 0.3) is 0 Å². The van der Waals surface area contributed by atoms with Crippen molar-refractivity contribution in [2.24, 2.45) is 4.99 Å². The molecule has 1 atom stereocenters. The molecule has 0 spiro atoms. The number of hydrogen-bond acceptors (Lipinski definition) is 2. The second kappa shape index (κ2) is 6.12. The van der Waals surface area contributed by atoms with Gasteiger partial charge in [-0.2, -0.15) is 0 Å². The fourth-order valence-electron chi connectivity index (χ4n) is 3.89. The molecule has 0 radical (unpaired) electrons. The molecule has 2 aromatic rings. The molecule has 4 rings (SSSR count). The standard InChI is InChI=1S/C20H24N2/c1-2-11-20-21-18(12-14-22(20)13-5-1)15-17-9-6-8-16-7-3-4-10-19(16)17/h3-4,6-10,18H,1-2,5,11-15H2. The van der Waals surface area contributed by atoms with Gasteiger partial charge < -0.3 is 4.90 Å². The van der Waals surface area contributed by atoms with Gasteiger partial charge in [-0.25, -0.2) is 0 Å². The number of nitrogens with zero attached hydrogens (tertiary/aromatic N) is 2. The molecule has 2 aromatic carbocycles. The Labute approximate surface area is 132 Å². The first-order chi connectivity index (χ1) is 10.9. The molecule has 0 aliphatic carbocycles. The van der Waals surface area contributed by atoms with Crippen molar-refractivity contribution in [1.29, 1.82) is 0 Å². The van der Waals surface area contributed by atoms with Crippen molar-refractivity contribution in [1.82, 2.24) is 4.90 Å². The predicted octanol–water partition coefficient (Wildman–Crippen LogP) is 4.43. The van der Waals surface area contributed by atoms with Crippen molar-refractivity contribution in [3.63, 3.8) is 0 Å². The minimum absolute atomic E-state index is 0.468. The summed E-state index contributed by atoms with van der Waals surface area (Å²) in [4.78, 5) is 7.64. The lowest BCUT2D eigenvalue weighted by atomic mass is 9.96. The molecule has 114 valence electrons. The molecule has 2 aliphatic rings. The number of amidine groups is 1. The Kier molecular flexibility index (Phi) is 3.84. The van der Waals surface area contributed by atoms with Crippen LogP contribution in [0, 0.1) is 0 Å². The largest absolute Gasteiger partial charge is 0.360 e. The van der Waals surface area contributed by atoms with Gasteiger partial charge in [0.2, 0.25) is 0 Å². The van der Waals surface area contributed by atoms with Crippen molar-refractivity contribution < 1.29 is 0 Å². The van der Waals surface area contributed by atoms with Crippen molar-refractivity contribution in [3.8, 4) is 0 Å². The molecule has 1 saturated heterocycles. The summed E-state index contributed by atoms with van der Waals surface area (Å²) >= 11 is 0. The van der Waals surface area contributed by atoms with Crippen LogP contribution in [-0.4, -0.2) is 29.9 Å². The molecule has 0 bridgehead atoms. The number of aliphatic imine (C=N–C) groups is 1. The van der Waals surface area contributed by atoms with E-state index in [4.69, 9.17) is 4.99 Å². The molecule has 2 heterocycles. The summed E-state index contributed by atoms with van der Waals surface area (Å²) in [6, 6.07) is 15.9. The third kappa shape index (κ3) is 2.75. The highest BCUT2D eigenvalue weighted by molar-refractivity contribution is 5.86. The van der Waals surface area contributed by atoms with E-state index in [9.17, 15) is 0 Å². The minimum atomic E-state index is 0.468. The van der Waals surface area contributed by atoms with E-state index < -0.39 is 0 Å². The zero-order valence-corrected chi connectivity index (χ0v) is 13.2. The molecule has 2 aliphatic heterocycles. The average Bonchev–Trinajstić information content (AvgIpc) is 2.80. The van der Waals surface area contributed by atoms with Gasteiger partial charge in [0.1, 0.15) is 0 Å². The van der Waals surface area contributed by atoms with Gasteiger partial charge in [0, 0.05) is 19.5 Å². The van der Waals surface area contributed by atoms with E-state index >= 15 is 0 Å². The maximum absolute atomic E-state index is 5.11. The fourth-order valence-corrected chi connectivity index (χ4v) is 3.89. The van der Waals surface area contributed by atoms with Gasteiger partial charge in [0.05, 0.1) is 11.9 Å². The summed E-state index contributed by atoms with van der Waals surface area (Å²) in [7, 11) is 0. The minimum Gasteiger partial charge on any atom is -0.360 e. The van der Waals surface area contributed by atoms with Crippen LogP contribution < -0.4 is 0 Å². The molecular weight excluding hydrogens is 268 g/mol. The first kappa shape index (κ1) is 13.8. The van der Waals surface area contributed by atoms with E-state index in [1.54, 1.807) is 0 Å². The predicted molar refractivity (Wildman–Crippen MR) is 93.5 cm³/mol. The van der Waals surface area contributed by atoms with Crippen LogP contribution in [0.1, 0.15) is 37.7 Å². The highest BCUT2D eigenvalue weighted by Crippen LogP contribution is 2.24. The summed E-state index contributed by atoms with van der Waals surface area (Å²) in [6.07, 6.45) is 7.49. The Bertz CT molecular complexity index is 684. The van der Waals surface area contributed by atoms with E-state index in [1.807, 2.05) is 0 Å². The van der Waals surface area contributed by atoms with Crippen molar-refractivity contribution in [2.75, 3.05) is 13.1 Å². The number of fused-ring (bicyclic) bond motifs is 2. The van der Waals surface area contributed by atoms with Crippen LogP contribution in [-0.2, 0) is 6.42 Å². The smallest absolute Gasteiger partial charge is 0.0992 e. The lowest BCUT2D eigenvalue weighted by Crippen LogP contribution is -2.38. The van der Waals surface area contributed by atoms with Crippen molar-refractivity contribution in [3.05, 3.63) is 48.0 Å². The van der Waals surface area contributed by atoms with Crippen LogP contribution >= 0.6 is 0 Å². The highest BCUT2D eigenvalue weighted by atomic mass is 15.2. The molecule has 1 unspecified atom stereocenters. The van der Waals surface area contributed by atoms with Crippen LogP contribution in [0.3, 0.4) is 0 Å². The Balaban J connectivity index is 1.59. The SMILES string of the molecule is c1ccc2c(CC3CCN4CCCCCC4=N3)cccc2c1. The van der Waals surface area contributed by atoms with Gasteiger partial charge in [-0.3, -0.25) is 4.99 Å². The topological polar surface area (TPSA) is 15.6 Å². The van der Waals surface area contributed by atoms with Gasteiger partial charge in [-0.1, -0.05) is 48.9 Å². The molecule has 0 aromatic heterocycles. The van der Waals surface area contributed by atoms with Crippen LogP contribution in [0.5, 0.6) is 0 Å². The molecule has 2 nitrogen and oxygen atoms in total. The lowest BCUT2D eigenvalue weighted by Gasteiger charge is -2.31. The molecule has 0 amide bonds. The molecular formula is C20H24N2. The average molecular weight is 292 g/mol. The van der Waals surface area contributed by atoms with Crippen LogP contribution in [0.25, 0.3) is 10.8 Å². The Morgan fingerprint density at radius 1 is 0.955 bits per heavy atom. The van der Waals surface area contributed by atoms with Crippen molar-refractivity contribution in [2.45, 2.75) is 44.6 Å². The maximum atomic E-state index is 5.11. The van der Waals surface area contributed by atoms with E-state index in [1.165, 1.54) is 67.4 Å². The lowest BCUT2D eigenvalue weighted by molar-refractivity contribution is 0.360. The summed E-state index contributed by atoms with van der Waals surface area (Å²) in [5.41, 5.74) is 1.45. The monoisotopic (exact) mass is 292 g/mol. The van der Waals surface area contributed by atoms with E-state index in [0.29, 0.717) is 6.04 Å². The third-order valence-electron chi connectivity index (χ3n) is 5.09. The van der Waals surface area contributed by atoms with Gasteiger partial charge in [0.15, 0.2) is 0 Å². The molecule has 1 fully saturated rings. The Morgan fingerprint density at radius 2 is 1.86 bits per heavy atom. The Hall–Kier alpha value is -1.83. The van der Waals surface area contributed by atoms with Crippen LogP contribution in [0.2, 0.25) is 0 Å². The van der Waals surface area contributed by atoms with Gasteiger partial charge in [-0.15, -0.1) is 0 Å². The van der Waals surface area contributed by atoms with Crippen LogP contribution in [0.15, 0.2) is 47.5 Å². The molecule has 0 N–H and O–H groups in total. The highest BCUT2D eigenvalue weighted by Gasteiger charge is 2.23. The van der Waals surface area contributed by atoms with Gasteiger partial charge in [-0.05, 0) is 42.0 Å². The zero-order valence-electron chi connectivity index (χ0n) is 13.2. The first-order valence-electron chi connectivity index (χ1n) is 8.68. The van der Waals surface area contributed by atoms with Crippen LogP contribution in [0.4, 0.5) is 0 Å². The van der Waals surface area contributed by atoms with E-state index in [-0.39, 0.29) is 0 Å². The summed E-state index contributed by atoms with van der Waals surface area (Å²) < 4.78 is 0. The summed E-state index contributed by atoms with van der Waals surface area (Å²) in [5.74, 6) is 1.38. The van der Waals surface area contributed by atoms with Gasteiger partial charge >= 0.3 is 0 Å². The Morgan fingerprint density at radius 3 is 2.86 bits per heavy atom. The zero-order chi connectivity index (χ0) is 14.8. The normalized spacial score (nSPS) is 22.1. The second-order valence-electron chi connectivity index (χ2n) is 6.63. The summed E-state index contributed by atoms with van der Waals surface area (Å²) in [5, 5.41) is 2.74. The molecule has 2 heteroatoms.